The molecule has 1 N–H and O–H groups in total. The van der Waals surface area contributed by atoms with Gasteiger partial charge in [-0.05, 0) is 43.2 Å². The molecular formula is C31H36N4O2. The summed E-state index contributed by atoms with van der Waals surface area (Å²) in [6.07, 6.45) is 7.45. The standard InChI is InChI=1S/C31H36N4O2/c32-23-31(25-11-5-2-6-12-25)16-19-35(20-17-31)30(37)28-14-8-7-13-27(28)29(36)33-26-15-18-34(22-26)21-24-9-3-1-4-10-24/h1-12,26-28H,13-22H2,(H,33,36). The summed E-state index contributed by atoms with van der Waals surface area (Å²) in [6, 6.07) is 23.0. The molecule has 37 heavy (non-hydrogen) atoms. The number of nitriles is 1. The Labute approximate surface area is 220 Å². The van der Waals surface area contributed by atoms with Gasteiger partial charge in [0.25, 0.3) is 0 Å². The van der Waals surface area contributed by atoms with Gasteiger partial charge in [-0.1, -0.05) is 72.8 Å². The van der Waals surface area contributed by atoms with Crippen molar-refractivity contribution < 1.29 is 9.59 Å². The topological polar surface area (TPSA) is 76.4 Å². The highest BCUT2D eigenvalue weighted by Crippen LogP contribution is 2.36. The second kappa shape index (κ2) is 11.3. The highest BCUT2D eigenvalue weighted by Gasteiger charge is 2.42. The molecule has 2 heterocycles. The van der Waals surface area contributed by atoms with Gasteiger partial charge in [0, 0.05) is 38.8 Å². The summed E-state index contributed by atoms with van der Waals surface area (Å²) in [7, 11) is 0. The first kappa shape index (κ1) is 25.2. The van der Waals surface area contributed by atoms with Gasteiger partial charge in [0.1, 0.15) is 0 Å². The smallest absolute Gasteiger partial charge is 0.226 e. The summed E-state index contributed by atoms with van der Waals surface area (Å²) < 4.78 is 0. The van der Waals surface area contributed by atoms with Crippen LogP contribution in [0.15, 0.2) is 72.8 Å². The van der Waals surface area contributed by atoms with Crippen LogP contribution in [0, 0.1) is 23.2 Å². The number of benzene rings is 2. The third kappa shape index (κ3) is 5.62. The second-order valence-corrected chi connectivity index (χ2v) is 10.8. The molecule has 2 aromatic rings. The molecule has 2 amide bonds. The van der Waals surface area contributed by atoms with Crippen LogP contribution < -0.4 is 5.32 Å². The fraction of sp³-hybridized carbons (Fsp3) is 0.452. The van der Waals surface area contributed by atoms with Crippen molar-refractivity contribution in [1.82, 2.24) is 15.1 Å². The molecular weight excluding hydrogens is 460 g/mol. The molecule has 0 spiro atoms. The molecule has 0 aromatic heterocycles. The number of hydrogen-bond acceptors (Lipinski definition) is 4. The Balaban J connectivity index is 1.17. The molecule has 192 valence electrons. The Morgan fingerprint density at radius 3 is 2.24 bits per heavy atom. The van der Waals surface area contributed by atoms with E-state index in [2.05, 4.69) is 40.6 Å². The van der Waals surface area contributed by atoms with Crippen LogP contribution in [0.25, 0.3) is 0 Å². The van der Waals surface area contributed by atoms with Crippen molar-refractivity contribution in [3.8, 4) is 6.07 Å². The average molecular weight is 497 g/mol. The molecule has 5 rings (SSSR count). The minimum atomic E-state index is -0.546. The van der Waals surface area contributed by atoms with Gasteiger partial charge in [-0.3, -0.25) is 14.5 Å². The lowest BCUT2D eigenvalue weighted by atomic mass is 9.73. The molecule has 6 nitrogen and oxygen atoms in total. The lowest BCUT2D eigenvalue weighted by Crippen LogP contribution is -2.50. The number of nitrogens with one attached hydrogen (secondary N) is 1. The van der Waals surface area contributed by atoms with Crippen molar-refractivity contribution in [3.05, 3.63) is 83.9 Å². The van der Waals surface area contributed by atoms with E-state index in [4.69, 9.17) is 0 Å². The van der Waals surface area contributed by atoms with Crippen LogP contribution in [-0.2, 0) is 21.5 Å². The third-order valence-corrected chi connectivity index (χ3v) is 8.42. The largest absolute Gasteiger partial charge is 0.352 e. The number of allylic oxidation sites excluding steroid dienone is 2. The van der Waals surface area contributed by atoms with Gasteiger partial charge >= 0.3 is 0 Å². The fourth-order valence-electron chi connectivity index (χ4n) is 6.19. The number of likely N-dealkylation sites (tertiary alicyclic amines) is 2. The normalized spacial score (nSPS) is 25.4. The zero-order chi connectivity index (χ0) is 25.7. The minimum absolute atomic E-state index is 0.00178. The summed E-state index contributed by atoms with van der Waals surface area (Å²) >= 11 is 0. The van der Waals surface area contributed by atoms with Gasteiger partial charge in [0.05, 0.1) is 23.3 Å². The maximum atomic E-state index is 13.6. The van der Waals surface area contributed by atoms with Gasteiger partial charge in [-0.25, -0.2) is 0 Å². The molecule has 0 radical (unpaired) electrons. The van der Waals surface area contributed by atoms with Crippen molar-refractivity contribution in [1.29, 1.82) is 5.26 Å². The molecule has 0 bridgehead atoms. The molecule has 3 aliphatic rings. The van der Waals surface area contributed by atoms with Gasteiger partial charge < -0.3 is 10.2 Å². The van der Waals surface area contributed by atoms with E-state index in [1.54, 1.807) is 0 Å². The van der Waals surface area contributed by atoms with Crippen LogP contribution in [0.1, 0.15) is 43.2 Å². The van der Waals surface area contributed by atoms with Crippen LogP contribution in [0.5, 0.6) is 0 Å². The molecule has 2 aromatic carbocycles. The first-order valence-corrected chi connectivity index (χ1v) is 13.6. The predicted octanol–water partition coefficient (Wildman–Crippen LogP) is 4.04. The minimum Gasteiger partial charge on any atom is -0.352 e. The molecule has 0 saturated carbocycles. The van der Waals surface area contributed by atoms with Crippen LogP contribution >= 0.6 is 0 Å². The maximum absolute atomic E-state index is 13.6. The quantitative estimate of drug-likeness (QED) is 0.613. The van der Waals surface area contributed by atoms with Crippen LogP contribution in [-0.4, -0.2) is 53.8 Å². The first-order valence-electron chi connectivity index (χ1n) is 13.6. The van der Waals surface area contributed by atoms with Crippen molar-refractivity contribution in [2.45, 2.75) is 50.1 Å². The van der Waals surface area contributed by atoms with Crippen molar-refractivity contribution in [3.63, 3.8) is 0 Å². The summed E-state index contributed by atoms with van der Waals surface area (Å²) in [5.74, 6) is -0.612. The monoisotopic (exact) mass is 496 g/mol. The van der Waals surface area contributed by atoms with E-state index in [9.17, 15) is 14.9 Å². The number of nitrogens with zero attached hydrogens (tertiary/aromatic N) is 3. The summed E-state index contributed by atoms with van der Waals surface area (Å²) in [5, 5.41) is 13.3. The highest BCUT2D eigenvalue weighted by molar-refractivity contribution is 5.88. The summed E-state index contributed by atoms with van der Waals surface area (Å²) in [5.41, 5.74) is 1.77. The fourth-order valence-corrected chi connectivity index (χ4v) is 6.19. The van der Waals surface area contributed by atoms with Crippen molar-refractivity contribution >= 4 is 11.8 Å². The molecule has 2 saturated heterocycles. The SMILES string of the molecule is N#CC1(c2ccccc2)CCN(C(=O)C2CC=CCC2C(=O)NC2CCN(Cc3ccccc3)C2)CC1. The third-order valence-electron chi connectivity index (χ3n) is 8.42. The Morgan fingerprint density at radius 2 is 1.57 bits per heavy atom. The summed E-state index contributed by atoms with van der Waals surface area (Å²) in [6.45, 7) is 3.79. The van der Waals surface area contributed by atoms with Gasteiger partial charge in [0.15, 0.2) is 0 Å². The van der Waals surface area contributed by atoms with E-state index >= 15 is 0 Å². The van der Waals surface area contributed by atoms with E-state index in [1.165, 1.54) is 5.56 Å². The van der Waals surface area contributed by atoms with Crippen LogP contribution in [0.3, 0.4) is 0 Å². The lowest BCUT2D eigenvalue weighted by molar-refractivity contribution is -0.143. The lowest BCUT2D eigenvalue weighted by Gasteiger charge is -2.40. The molecule has 3 unspecified atom stereocenters. The van der Waals surface area contributed by atoms with Gasteiger partial charge in [0.2, 0.25) is 11.8 Å². The molecule has 2 aliphatic heterocycles. The van der Waals surface area contributed by atoms with E-state index in [0.29, 0.717) is 38.8 Å². The predicted molar refractivity (Wildman–Crippen MR) is 143 cm³/mol. The molecule has 2 fully saturated rings. The number of hydrogen-bond donors (Lipinski definition) is 1. The van der Waals surface area contributed by atoms with Crippen LogP contribution in [0.4, 0.5) is 0 Å². The van der Waals surface area contributed by atoms with Gasteiger partial charge in [-0.2, -0.15) is 5.26 Å². The van der Waals surface area contributed by atoms with E-state index < -0.39 is 5.41 Å². The highest BCUT2D eigenvalue weighted by atomic mass is 16.2. The maximum Gasteiger partial charge on any atom is 0.226 e. The first-order chi connectivity index (χ1) is 18.1. The zero-order valence-corrected chi connectivity index (χ0v) is 21.4. The Kier molecular flexibility index (Phi) is 7.71. The average Bonchev–Trinajstić information content (AvgIpc) is 3.40. The van der Waals surface area contributed by atoms with E-state index in [1.807, 2.05) is 53.5 Å². The number of piperidine rings is 1. The number of rotatable bonds is 6. The van der Waals surface area contributed by atoms with Crippen LogP contribution in [0.2, 0.25) is 0 Å². The molecule has 3 atom stereocenters. The number of carbonyl (C=O) groups is 2. The molecule has 6 heteroatoms. The van der Waals surface area contributed by atoms with E-state index in [-0.39, 0.29) is 29.7 Å². The number of carbonyl (C=O) groups excluding carboxylic acids is 2. The Morgan fingerprint density at radius 1 is 0.919 bits per heavy atom. The Bertz CT molecular complexity index is 1150. The summed E-state index contributed by atoms with van der Waals surface area (Å²) in [4.78, 5) is 31.3. The molecule has 1 aliphatic carbocycles. The van der Waals surface area contributed by atoms with Gasteiger partial charge in [-0.15, -0.1) is 0 Å². The van der Waals surface area contributed by atoms with Crippen molar-refractivity contribution in [2.75, 3.05) is 26.2 Å². The number of amides is 2. The second-order valence-electron chi connectivity index (χ2n) is 10.8. The zero-order valence-electron chi connectivity index (χ0n) is 21.4. The van der Waals surface area contributed by atoms with Crippen molar-refractivity contribution in [2.24, 2.45) is 11.8 Å². The Hall–Kier alpha value is -3.43. The van der Waals surface area contributed by atoms with E-state index in [0.717, 1.165) is 31.6 Å².